The second kappa shape index (κ2) is 7.08. The highest BCUT2D eigenvalue weighted by molar-refractivity contribution is 5.73. The first-order valence-corrected chi connectivity index (χ1v) is 6.42. The summed E-state index contributed by atoms with van der Waals surface area (Å²) >= 11 is 0. The van der Waals surface area contributed by atoms with Crippen LogP contribution in [0.4, 0.5) is 0 Å². The fourth-order valence-electron chi connectivity index (χ4n) is 1.94. The number of nitrogens with zero attached hydrogens (tertiary/aromatic N) is 4. The van der Waals surface area contributed by atoms with Gasteiger partial charge in [-0.15, -0.1) is 0 Å². The molecule has 0 amide bonds. The summed E-state index contributed by atoms with van der Waals surface area (Å²) in [6.45, 7) is 0.576. The van der Waals surface area contributed by atoms with Gasteiger partial charge in [0.15, 0.2) is 24.5 Å². The van der Waals surface area contributed by atoms with Crippen LogP contribution < -0.4 is 21.5 Å². The fraction of sp³-hybridized carbons (Fsp3) is 0.214. The van der Waals surface area contributed by atoms with Crippen molar-refractivity contribution in [1.82, 2.24) is 15.3 Å². The Kier molecular flexibility index (Phi) is 5.16. The number of rotatable bonds is 4. The second-order valence-corrected chi connectivity index (χ2v) is 4.45. The molecule has 3 aromatic heterocycles. The van der Waals surface area contributed by atoms with E-state index in [0.29, 0.717) is 24.1 Å². The van der Waals surface area contributed by atoms with Crippen molar-refractivity contribution in [1.29, 1.82) is 0 Å². The molecule has 0 saturated heterocycles. The first-order chi connectivity index (χ1) is 10.3. The standard InChI is InChI=1S/C14H13N4O3.BrH/c1-20-13(19)6-9-18-7-4-10(5-8-18)11-2-3-12-14(15-11)17-21-16-12;/h2-5,7-8H,6,9H2,1H3;1H/q+1;/p-1. The third-order valence-corrected chi connectivity index (χ3v) is 3.11. The number of pyridine rings is 2. The minimum absolute atomic E-state index is 0. The third kappa shape index (κ3) is 3.45. The van der Waals surface area contributed by atoms with Crippen molar-refractivity contribution in [3.05, 3.63) is 36.7 Å². The molecule has 0 saturated carbocycles. The molecule has 8 heteroatoms. The normalized spacial score (nSPS) is 10.2. The molecule has 0 unspecified atom stereocenters. The van der Waals surface area contributed by atoms with Gasteiger partial charge in [-0.25, -0.2) is 14.2 Å². The molecule has 0 bridgehead atoms. The van der Waals surface area contributed by atoms with Gasteiger partial charge < -0.3 is 21.7 Å². The van der Waals surface area contributed by atoms with Crippen molar-refractivity contribution in [2.75, 3.05) is 7.11 Å². The largest absolute Gasteiger partial charge is 1.00 e. The van der Waals surface area contributed by atoms with Gasteiger partial charge in [0.25, 0.3) is 0 Å². The average molecular weight is 365 g/mol. The van der Waals surface area contributed by atoms with Crippen molar-refractivity contribution in [2.45, 2.75) is 13.0 Å². The molecular formula is C14H13BrN4O3. The minimum Gasteiger partial charge on any atom is -1.00 e. The molecule has 3 rings (SSSR count). The molecule has 0 N–H and O–H groups in total. The minimum atomic E-state index is -0.225. The molecule has 0 fully saturated rings. The van der Waals surface area contributed by atoms with Gasteiger partial charge in [0.05, 0.1) is 12.8 Å². The van der Waals surface area contributed by atoms with Crippen molar-refractivity contribution < 1.29 is 35.7 Å². The Balaban J connectivity index is 0.00000176. The third-order valence-electron chi connectivity index (χ3n) is 3.11. The van der Waals surface area contributed by atoms with Gasteiger partial charge in [-0.2, -0.15) is 0 Å². The van der Waals surface area contributed by atoms with E-state index >= 15 is 0 Å². The van der Waals surface area contributed by atoms with Crippen LogP contribution in [0.2, 0.25) is 0 Å². The Bertz CT molecular complexity index is 773. The SMILES string of the molecule is COC(=O)CC[n+]1ccc(-c2ccc3nonc3n2)cc1.[Br-]. The van der Waals surface area contributed by atoms with Crippen molar-refractivity contribution in [3.8, 4) is 11.3 Å². The number of fused-ring (bicyclic) bond motifs is 1. The van der Waals surface area contributed by atoms with Crippen molar-refractivity contribution in [2.24, 2.45) is 0 Å². The number of methoxy groups -OCH3 is 1. The van der Waals surface area contributed by atoms with E-state index in [4.69, 9.17) is 0 Å². The molecule has 3 heterocycles. The molecular weight excluding hydrogens is 352 g/mol. The van der Waals surface area contributed by atoms with Crippen LogP contribution in [0.15, 0.2) is 41.3 Å². The van der Waals surface area contributed by atoms with Gasteiger partial charge in [0.2, 0.25) is 5.65 Å². The van der Waals surface area contributed by atoms with Crippen LogP contribution in [0.25, 0.3) is 22.4 Å². The van der Waals surface area contributed by atoms with Crippen molar-refractivity contribution >= 4 is 17.1 Å². The maximum atomic E-state index is 11.1. The molecule has 0 radical (unpaired) electrons. The maximum Gasteiger partial charge on any atom is 0.311 e. The van der Waals surface area contributed by atoms with Gasteiger partial charge in [0, 0.05) is 17.7 Å². The average Bonchev–Trinajstić information content (AvgIpc) is 3.00. The molecule has 0 spiro atoms. The number of hydrogen-bond donors (Lipinski definition) is 0. The van der Waals surface area contributed by atoms with E-state index in [1.165, 1.54) is 7.11 Å². The van der Waals surface area contributed by atoms with Crippen LogP contribution in [-0.4, -0.2) is 28.4 Å². The van der Waals surface area contributed by atoms with E-state index in [9.17, 15) is 4.79 Å². The first-order valence-electron chi connectivity index (χ1n) is 6.42. The molecule has 3 aromatic rings. The summed E-state index contributed by atoms with van der Waals surface area (Å²) in [6.07, 6.45) is 4.13. The van der Waals surface area contributed by atoms with Crippen molar-refractivity contribution in [3.63, 3.8) is 0 Å². The Morgan fingerprint density at radius 3 is 2.73 bits per heavy atom. The summed E-state index contributed by atoms with van der Waals surface area (Å²) in [5.74, 6) is -0.225. The van der Waals surface area contributed by atoms with E-state index in [1.54, 1.807) is 0 Å². The highest BCUT2D eigenvalue weighted by Crippen LogP contribution is 2.17. The van der Waals surface area contributed by atoms with Crippen LogP contribution in [0.3, 0.4) is 0 Å². The van der Waals surface area contributed by atoms with E-state index in [2.05, 4.69) is 24.7 Å². The predicted octanol–water partition coefficient (Wildman–Crippen LogP) is -1.86. The molecule has 0 aliphatic rings. The number of aryl methyl sites for hydroxylation is 1. The molecule has 114 valence electrons. The van der Waals surface area contributed by atoms with E-state index < -0.39 is 0 Å². The summed E-state index contributed by atoms with van der Waals surface area (Å²) in [5, 5.41) is 7.45. The monoisotopic (exact) mass is 364 g/mol. The van der Waals surface area contributed by atoms with Crippen LogP contribution >= 0.6 is 0 Å². The number of aromatic nitrogens is 4. The highest BCUT2D eigenvalue weighted by atomic mass is 79.9. The molecule has 0 aliphatic heterocycles. The highest BCUT2D eigenvalue weighted by Gasteiger charge is 2.09. The van der Waals surface area contributed by atoms with Gasteiger partial charge in [-0.3, -0.25) is 4.79 Å². The molecule has 7 nitrogen and oxygen atoms in total. The van der Waals surface area contributed by atoms with Gasteiger partial charge in [-0.1, -0.05) is 0 Å². The smallest absolute Gasteiger partial charge is 0.311 e. The summed E-state index contributed by atoms with van der Waals surface area (Å²) in [4.78, 5) is 15.5. The number of hydrogen-bond acceptors (Lipinski definition) is 6. The predicted molar refractivity (Wildman–Crippen MR) is 71.9 cm³/mol. The number of carbonyl (C=O) groups excluding carboxylic acids is 1. The summed E-state index contributed by atoms with van der Waals surface area (Å²) < 4.78 is 11.2. The van der Waals surface area contributed by atoms with Gasteiger partial charge in [0.1, 0.15) is 6.42 Å². The van der Waals surface area contributed by atoms with Crippen LogP contribution in [0.1, 0.15) is 6.42 Å². The zero-order valence-electron chi connectivity index (χ0n) is 11.8. The fourth-order valence-corrected chi connectivity index (χ4v) is 1.94. The first kappa shape index (κ1) is 16.0. The summed E-state index contributed by atoms with van der Waals surface area (Å²) in [6, 6.07) is 7.53. The summed E-state index contributed by atoms with van der Waals surface area (Å²) in [5.41, 5.74) is 2.85. The van der Waals surface area contributed by atoms with E-state index in [-0.39, 0.29) is 23.0 Å². The lowest BCUT2D eigenvalue weighted by molar-refractivity contribution is -0.695. The lowest BCUT2D eigenvalue weighted by Crippen LogP contribution is -3.00. The Hall–Kier alpha value is -2.35. The number of ether oxygens (including phenoxy) is 1. The molecule has 0 aromatic carbocycles. The topological polar surface area (TPSA) is 82.0 Å². The van der Waals surface area contributed by atoms with Crippen LogP contribution in [0, 0.1) is 0 Å². The summed E-state index contributed by atoms with van der Waals surface area (Å²) in [7, 11) is 1.39. The van der Waals surface area contributed by atoms with Gasteiger partial charge in [-0.05, 0) is 22.4 Å². The van der Waals surface area contributed by atoms with E-state index in [1.807, 2.05) is 41.2 Å². The lowest BCUT2D eigenvalue weighted by Gasteiger charge is -2.00. The van der Waals surface area contributed by atoms with E-state index in [0.717, 1.165) is 11.3 Å². The Morgan fingerprint density at radius 1 is 1.23 bits per heavy atom. The maximum absolute atomic E-state index is 11.1. The quantitative estimate of drug-likeness (QED) is 0.399. The lowest BCUT2D eigenvalue weighted by atomic mass is 10.2. The number of carbonyl (C=O) groups is 1. The van der Waals surface area contributed by atoms with Crippen LogP contribution in [-0.2, 0) is 16.1 Å². The second-order valence-electron chi connectivity index (χ2n) is 4.45. The molecule has 0 aliphatic carbocycles. The number of halogens is 1. The zero-order chi connectivity index (χ0) is 14.7. The van der Waals surface area contributed by atoms with Crippen LogP contribution in [0.5, 0.6) is 0 Å². The molecule has 22 heavy (non-hydrogen) atoms. The zero-order valence-corrected chi connectivity index (χ0v) is 13.4. The van der Waals surface area contributed by atoms with Gasteiger partial charge >= 0.3 is 5.97 Å². The number of esters is 1. The Morgan fingerprint density at radius 2 is 2.00 bits per heavy atom. The Labute approximate surface area is 136 Å². The molecule has 0 atom stereocenters.